The van der Waals surface area contributed by atoms with Crippen molar-refractivity contribution in [2.45, 2.75) is 0 Å². The van der Waals surface area contributed by atoms with Crippen molar-refractivity contribution in [3.05, 3.63) is 73.3 Å². The molecule has 2 aromatic carbocycles. The quantitative estimate of drug-likeness (QED) is 0.471. The van der Waals surface area contributed by atoms with E-state index in [0.29, 0.717) is 11.6 Å². The zero-order valence-electron chi connectivity index (χ0n) is 15.1. The van der Waals surface area contributed by atoms with Crippen LogP contribution in [0.1, 0.15) is 0 Å². The number of rotatable bonds is 4. The lowest BCUT2D eigenvalue weighted by Gasteiger charge is -2.12. The largest absolute Gasteiger partial charge is 0.497 e. The molecule has 1 N–H and O–H groups in total. The normalized spacial score (nSPS) is 11.0. The fraction of sp³-hybridized carbons (Fsp3) is 0.0455. The SMILES string of the molecule is COc1ccc2nc(-c3cccnc3)nc(Nc3ccc4ccoc4c3)c2c1. The Morgan fingerprint density at radius 2 is 1.96 bits per heavy atom. The first kappa shape index (κ1) is 16.3. The molecule has 0 aliphatic heterocycles. The fourth-order valence-electron chi connectivity index (χ4n) is 3.12. The molecule has 0 bridgehead atoms. The molecule has 0 spiro atoms. The maximum absolute atomic E-state index is 5.51. The molecule has 3 aromatic heterocycles. The smallest absolute Gasteiger partial charge is 0.163 e. The minimum absolute atomic E-state index is 0.604. The molecule has 3 heterocycles. The molecule has 0 fully saturated rings. The predicted octanol–water partition coefficient (Wildman–Crippen LogP) is 5.19. The van der Waals surface area contributed by atoms with Gasteiger partial charge in [0, 0.05) is 40.5 Å². The third-order valence-corrected chi connectivity index (χ3v) is 4.54. The van der Waals surface area contributed by atoms with Gasteiger partial charge in [0.2, 0.25) is 0 Å². The van der Waals surface area contributed by atoms with Crippen molar-refractivity contribution in [2.24, 2.45) is 0 Å². The van der Waals surface area contributed by atoms with Crippen LogP contribution in [0.15, 0.2) is 77.7 Å². The molecule has 28 heavy (non-hydrogen) atoms. The number of pyridine rings is 1. The summed E-state index contributed by atoms with van der Waals surface area (Å²) in [6.07, 6.45) is 5.16. The van der Waals surface area contributed by atoms with E-state index >= 15 is 0 Å². The van der Waals surface area contributed by atoms with Crippen molar-refractivity contribution in [2.75, 3.05) is 12.4 Å². The molecule has 0 saturated heterocycles. The molecule has 0 radical (unpaired) electrons. The Bertz CT molecular complexity index is 1280. The lowest BCUT2D eigenvalue weighted by molar-refractivity contribution is 0.415. The zero-order chi connectivity index (χ0) is 18.9. The van der Waals surface area contributed by atoms with E-state index in [0.717, 1.165) is 38.9 Å². The summed E-state index contributed by atoms with van der Waals surface area (Å²) in [7, 11) is 1.64. The lowest BCUT2D eigenvalue weighted by Crippen LogP contribution is -2.00. The highest BCUT2D eigenvalue weighted by Crippen LogP contribution is 2.31. The number of methoxy groups -OCH3 is 1. The van der Waals surface area contributed by atoms with Crippen molar-refractivity contribution in [1.29, 1.82) is 0 Å². The Kier molecular flexibility index (Phi) is 3.87. The zero-order valence-corrected chi connectivity index (χ0v) is 15.1. The Hall–Kier alpha value is -3.93. The Labute approximate surface area is 160 Å². The number of ether oxygens (including phenoxy) is 1. The summed E-state index contributed by atoms with van der Waals surface area (Å²) < 4.78 is 10.9. The number of nitrogens with one attached hydrogen (secondary N) is 1. The van der Waals surface area contributed by atoms with E-state index in [4.69, 9.17) is 19.1 Å². The van der Waals surface area contributed by atoms with E-state index < -0.39 is 0 Å². The molecule has 5 rings (SSSR count). The van der Waals surface area contributed by atoms with Gasteiger partial charge in [-0.25, -0.2) is 9.97 Å². The van der Waals surface area contributed by atoms with Crippen molar-refractivity contribution in [1.82, 2.24) is 15.0 Å². The molecule has 0 unspecified atom stereocenters. The number of hydrogen-bond donors (Lipinski definition) is 1. The Morgan fingerprint density at radius 1 is 1.00 bits per heavy atom. The first-order chi connectivity index (χ1) is 13.8. The highest BCUT2D eigenvalue weighted by atomic mass is 16.5. The van der Waals surface area contributed by atoms with Crippen molar-refractivity contribution < 1.29 is 9.15 Å². The molecule has 0 aliphatic rings. The van der Waals surface area contributed by atoms with Gasteiger partial charge in [-0.05, 0) is 48.5 Å². The van der Waals surface area contributed by atoms with Crippen LogP contribution in [0.4, 0.5) is 11.5 Å². The molecular formula is C22H16N4O2. The van der Waals surface area contributed by atoms with Gasteiger partial charge in [-0.3, -0.25) is 4.98 Å². The van der Waals surface area contributed by atoms with Crippen LogP contribution in [0.25, 0.3) is 33.3 Å². The second kappa shape index (κ2) is 6.66. The molecule has 0 aliphatic carbocycles. The predicted molar refractivity (Wildman–Crippen MR) is 109 cm³/mol. The molecule has 136 valence electrons. The number of fused-ring (bicyclic) bond motifs is 2. The number of nitrogens with zero attached hydrogens (tertiary/aromatic N) is 3. The summed E-state index contributed by atoms with van der Waals surface area (Å²) in [4.78, 5) is 13.6. The summed E-state index contributed by atoms with van der Waals surface area (Å²) in [5, 5.41) is 5.32. The first-order valence-electron chi connectivity index (χ1n) is 8.81. The summed E-state index contributed by atoms with van der Waals surface area (Å²) >= 11 is 0. The Balaban J connectivity index is 1.67. The maximum atomic E-state index is 5.51. The topological polar surface area (TPSA) is 73.1 Å². The van der Waals surface area contributed by atoms with Gasteiger partial charge in [0.15, 0.2) is 5.82 Å². The lowest BCUT2D eigenvalue weighted by atomic mass is 10.2. The summed E-state index contributed by atoms with van der Waals surface area (Å²) in [5.74, 6) is 2.04. The van der Waals surface area contributed by atoms with Gasteiger partial charge in [0.25, 0.3) is 0 Å². The van der Waals surface area contributed by atoms with Crippen LogP contribution in [0.2, 0.25) is 0 Å². The van der Waals surface area contributed by atoms with Crippen molar-refractivity contribution in [3.63, 3.8) is 0 Å². The number of benzene rings is 2. The van der Waals surface area contributed by atoms with E-state index in [1.54, 1.807) is 25.8 Å². The maximum Gasteiger partial charge on any atom is 0.163 e. The van der Waals surface area contributed by atoms with Gasteiger partial charge in [-0.1, -0.05) is 0 Å². The third kappa shape index (κ3) is 2.91. The van der Waals surface area contributed by atoms with Crippen LogP contribution in [0, 0.1) is 0 Å². The number of furan rings is 1. The summed E-state index contributed by atoms with van der Waals surface area (Å²) in [6, 6.07) is 17.4. The second-order valence-electron chi connectivity index (χ2n) is 6.32. The van der Waals surface area contributed by atoms with Crippen molar-refractivity contribution in [3.8, 4) is 17.1 Å². The van der Waals surface area contributed by atoms with Gasteiger partial charge in [-0.15, -0.1) is 0 Å². The molecule has 6 nitrogen and oxygen atoms in total. The second-order valence-corrected chi connectivity index (χ2v) is 6.32. The fourth-order valence-corrected chi connectivity index (χ4v) is 3.12. The minimum Gasteiger partial charge on any atom is -0.497 e. The highest BCUT2D eigenvalue weighted by Gasteiger charge is 2.12. The van der Waals surface area contributed by atoms with Crippen LogP contribution in [-0.2, 0) is 0 Å². The molecule has 0 amide bonds. The molecule has 5 aromatic rings. The summed E-state index contributed by atoms with van der Waals surface area (Å²) in [6.45, 7) is 0. The number of aromatic nitrogens is 3. The standard InChI is InChI=1S/C22H16N4O2/c1-27-17-6-7-19-18(12-17)22(26-21(25-19)15-3-2-9-23-13-15)24-16-5-4-14-8-10-28-20(14)11-16/h2-13H,1H3,(H,24,25,26). The van der Waals surface area contributed by atoms with Crippen LogP contribution >= 0.6 is 0 Å². The first-order valence-corrected chi connectivity index (χ1v) is 8.81. The van der Waals surface area contributed by atoms with Gasteiger partial charge in [-0.2, -0.15) is 0 Å². The summed E-state index contributed by atoms with van der Waals surface area (Å²) in [5.41, 5.74) is 3.36. The molecular weight excluding hydrogens is 352 g/mol. The average molecular weight is 368 g/mol. The molecule has 0 saturated carbocycles. The van der Waals surface area contributed by atoms with E-state index in [1.807, 2.05) is 54.6 Å². The van der Waals surface area contributed by atoms with E-state index in [1.165, 1.54) is 0 Å². The van der Waals surface area contributed by atoms with Crippen LogP contribution < -0.4 is 10.1 Å². The van der Waals surface area contributed by atoms with Crippen LogP contribution in [0.3, 0.4) is 0 Å². The number of anilines is 2. The Morgan fingerprint density at radius 3 is 2.82 bits per heavy atom. The monoisotopic (exact) mass is 368 g/mol. The minimum atomic E-state index is 0.604. The molecule has 0 atom stereocenters. The van der Waals surface area contributed by atoms with Gasteiger partial charge >= 0.3 is 0 Å². The van der Waals surface area contributed by atoms with E-state index in [9.17, 15) is 0 Å². The average Bonchev–Trinajstić information content (AvgIpc) is 3.22. The van der Waals surface area contributed by atoms with Gasteiger partial charge in [0.05, 0.1) is 18.9 Å². The van der Waals surface area contributed by atoms with Crippen molar-refractivity contribution >= 4 is 33.4 Å². The number of hydrogen-bond acceptors (Lipinski definition) is 6. The van der Waals surface area contributed by atoms with Crippen LogP contribution in [0.5, 0.6) is 5.75 Å². The van der Waals surface area contributed by atoms with Gasteiger partial charge < -0.3 is 14.5 Å². The van der Waals surface area contributed by atoms with Crippen LogP contribution in [-0.4, -0.2) is 22.1 Å². The van der Waals surface area contributed by atoms with E-state index in [-0.39, 0.29) is 0 Å². The highest BCUT2D eigenvalue weighted by molar-refractivity contribution is 5.94. The molecule has 6 heteroatoms. The van der Waals surface area contributed by atoms with Gasteiger partial charge in [0.1, 0.15) is 17.2 Å². The third-order valence-electron chi connectivity index (χ3n) is 4.54. The van der Waals surface area contributed by atoms with E-state index in [2.05, 4.69) is 10.3 Å².